The molecular weight excluding hydrogens is 396 g/mol. The number of imide groups is 1. The van der Waals surface area contributed by atoms with E-state index in [0.29, 0.717) is 12.2 Å². The molecule has 6 rings (SSSR count). The first-order valence-electron chi connectivity index (χ1n) is 11.3. The maximum absolute atomic E-state index is 12.4. The topological polar surface area (TPSA) is 92.8 Å². The molecular formula is C24H28N2O5. The summed E-state index contributed by atoms with van der Waals surface area (Å²) in [5.74, 6) is 0.975. The van der Waals surface area contributed by atoms with Crippen molar-refractivity contribution in [3.63, 3.8) is 0 Å². The fraction of sp³-hybridized carbons (Fsp3) is 0.583. The molecule has 0 spiro atoms. The summed E-state index contributed by atoms with van der Waals surface area (Å²) in [5, 5.41) is 3.00. The van der Waals surface area contributed by atoms with E-state index >= 15 is 0 Å². The number of carbonyl (C=O) groups excluding carboxylic acids is 4. The van der Waals surface area contributed by atoms with Gasteiger partial charge in [0.05, 0.1) is 11.3 Å². The predicted molar refractivity (Wildman–Crippen MR) is 112 cm³/mol. The summed E-state index contributed by atoms with van der Waals surface area (Å²) >= 11 is 0. The van der Waals surface area contributed by atoms with E-state index in [-0.39, 0.29) is 48.1 Å². The number of amides is 3. The second-order valence-corrected chi connectivity index (χ2v) is 9.94. The molecule has 4 bridgehead atoms. The molecule has 0 radical (unpaired) electrons. The monoisotopic (exact) mass is 424 g/mol. The lowest BCUT2D eigenvalue weighted by molar-refractivity contribution is -0.126. The molecule has 1 aromatic carbocycles. The third-order valence-corrected chi connectivity index (χ3v) is 7.55. The Bertz CT molecular complexity index is 888. The second kappa shape index (κ2) is 7.77. The van der Waals surface area contributed by atoms with Gasteiger partial charge in [0.1, 0.15) is 0 Å². The fourth-order valence-corrected chi connectivity index (χ4v) is 6.69. The van der Waals surface area contributed by atoms with Crippen LogP contribution < -0.4 is 10.2 Å². The molecule has 0 aromatic heterocycles. The van der Waals surface area contributed by atoms with Crippen molar-refractivity contribution in [2.45, 2.75) is 51.4 Å². The Balaban J connectivity index is 1.14. The molecule has 1 aromatic rings. The van der Waals surface area contributed by atoms with Crippen molar-refractivity contribution >= 4 is 29.4 Å². The summed E-state index contributed by atoms with van der Waals surface area (Å²) in [6, 6.07) is 6.20. The van der Waals surface area contributed by atoms with Crippen molar-refractivity contribution in [2.75, 3.05) is 18.1 Å². The molecule has 1 heterocycles. The molecule has 31 heavy (non-hydrogen) atoms. The Morgan fingerprint density at radius 1 is 1.00 bits per heavy atom. The van der Waals surface area contributed by atoms with Crippen LogP contribution >= 0.6 is 0 Å². The van der Waals surface area contributed by atoms with Crippen LogP contribution in [0.25, 0.3) is 0 Å². The van der Waals surface area contributed by atoms with E-state index in [1.54, 1.807) is 18.2 Å². The highest BCUT2D eigenvalue weighted by Gasteiger charge is 2.50. The van der Waals surface area contributed by atoms with Crippen molar-refractivity contribution in [3.05, 3.63) is 29.8 Å². The van der Waals surface area contributed by atoms with Crippen LogP contribution in [-0.4, -0.2) is 36.8 Å². The lowest BCUT2D eigenvalue weighted by Gasteiger charge is -2.56. The Labute approximate surface area is 181 Å². The van der Waals surface area contributed by atoms with Crippen LogP contribution in [0.3, 0.4) is 0 Å². The number of benzene rings is 1. The van der Waals surface area contributed by atoms with Crippen molar-refractivity contribution in [2.24, 2.45) is 23.2 Å². The summed E-state index contributed by atoms with van der Waals surface area (Å²) in [4.78, 5) is 49.7. The lowest BCUT2D eigenvalue weighted by atomic mass is 9.49. The van der Waals surface area contributed by atoms with E-state index in [0.717, 1.165) is 22.7 Å². The van der Waals surface area contributed by atoms with Crippen LogP contribution in [0.5, 0.6) is 0 Å². The molecule has 4 aliphatic carbocycles. The molecule has 4 saturated carbocycles. The fourth-order valence-electron chi connectivity index (χ4n) is 6.69. The third kappa shape index (κ3) is 3.98. The minimum absolute atomic E-state index is 0.178. The van der Waals surface area contributed by atoms with Crippen LogP contribution in [0.4, 0.5) is 5.69 Å². The molecule has 1 saturated heterocycles. The quantitative estimate of drug-likeness (QED) is 0.560. The summed E-state index contributed by atoms with van der Waals surface area (Å²) < 4.78 is 5.19. The van der Waals surface area contributed by atoms with Gasteiger partial charge in [-0.25, -0.2) is 4.79 Å². The average Bonchev–Trinajstić information content (AvgIpc) is 3.07. The van der Waals surface area contributed by atoms with E-state index in [2.05, 4.69) is 5.32 Å². The number of nitrogens with zero attached hydrogens (tertiary/aromatic N) is 1. The Kier molecular flexibility index (Phi) is 5.07. The molecule has 5 fully saturated rings. The Morgan fingerprint density at radius 2 is 1.61 bits per heavy atom. The number of nitrogens with one attached hydrogen (secondary N) is 1. The predicted octanol–water partition coefficient (Wildman–Crippen LogP) is 2.83. The van der Waals surface area contributed by atoms with E-state index in [9.17, 15) is 19.2 Å². The molecule has 0 atom stereocenters. The van der Waals surface area contributed by atoms with Gasteiger partial charge >= 0.3 is 5.97 Å². The van der Waals surface area contributed by atoms with Crippen LogP contribution in [0.2, 0.25) is 0 Å². The highest BCUT2D eigenvalue weighted by molar-refractivity contribution is 6.20. The molecule has 5 aliphatic rings. The molecule has 0 unspecified atom stereocenters. The second-order valence-electron chi connectivity index (χ2n) is 9.94. The number of esters is 1. The van der Waals surface area contributed by atoms with E-state index < -0.39 is 5.97 Å². The maximum Gasteiger partial charge on any atom is 0.338 e. The normalized spacial score (nSPS) is 31.2. The minimum atomic E-state index is -0.647. The lowest BCUT2D eigenvalue weighted by Crippen LogP contribution is -2.51. The zero-order chi connectivity index (χ0) is 21.6. The third-order valence-electron chi connectivity index (χ3n) is 7.55. The van der Waals surface area contributed by atoms with Gasteiger partial charge in [0, 0.05) is 19.4 Å². The minimum Gasteiger partial charge on any atom is -0.452 e. The Morgan fingerprint density at radius 3 is 2.23 bits per heavy atom. The van der Waals surface area contributed by atoms with Gasteiger partial charge in [0.15, 0.2) is 6.61 Å². The van der Waals surface area contributed by atoms with Gasteiger partial charge in [-0.2, -0.15) is 0 Å². The first-order chi connectivity index (χ1) is 14.9. The summed E-state index contributed by atoms with van der Waals surface area (Å²) in [6.45, 7) is 0.332. The average molecular weight is 424 g/mol. The summed E-state index contributed by atoms with van der Waals surface area (Å²) in [6.07, 6.45) is 8.06. The molecule has 7 heteroatoms. The number of carbonyl (C=O) groups is 4. The maximum atomic E-state index is 12.4. The van der Waals surface area contributed by atoms with Crippen molar-refractivity contribution in [1.29, 1.82) is 0 Å². The molecule has 1 N–H and O–H groups in total. The number of anilines is 1. The van der Waals surface area contributed by atoms with Crippen LogP contribution in [0, 0.1) is 23.2 Å². The van der Waals surface area contributed by atoms with Gasteiger partial charge in [-0.3, -0.25) is 19.3 Å². The highest BCUT2D eigenvalue weighted by atomic mass is 16.5. The van der Waals surface area contributed by atoms with Crippen molar-refractivity contribution < 1.29 is 23.9 Å². The van der Waals surface area contributed by atoms with Crippen LogP contribution in [0.1, 0.15) is 61.7 Å². The first-order valence-corrected chi connectivity index (χ1v) is 11.3. The summed E-state index contributed by atoms with van der Waals surface area (Å²) in [7, 11) is 0. The van der Waals surface area contributed by atoms with Crippen molar-refractivity contribution in [1.82, 2.24) is 5.32 Å². The Hall–Kier alpha value is -2.70. The van der Waals surface area contributed by atoms with Gasteiger partial charge in [0.25, 0.3) is 5.91 Å². The van der Waals surface area contributed by atoms with E-state index in [4.69, 9.17) is 4.74 Å². The zero-order valence-electron chi connectivity index (χ0n) is 17.6. The smallest absolute Gasteiger partial charge is 0.338 e. The first kappa shape index (κ1) is 20.2. The molecule has 1 aliphatic heterocycles. The molecule has 3 amide bonds. The van der Waals surface area contributed by atoms with Gasteiger partial charge in [-0.05, 0) is 79.9 Å². The molecule has 7 nitrogen and oxygen atoms in total. The number of hydrogen-bond acceptors (Lipinski definition) is 5. The van der Waals surface area contributed by atoms with E-state index in [1.165, 1.54) is 44.6 Å². The van der Waals surface area contributed by atoms with Crippen molar-refractivity contribution in [3.8, 4) is 0 Å². The number of rotatable bonds is 6. The van der Waals surface area contributed by atoms with E-state index in [1.807, 2.05) is 0 Å². The SMILES string of the molecule is O=C(COC(=O)c1cccc(N2C(=O)CCC2=O)c1)NCC12CC3CC(CC(C3)C1)C2. The summed E-state index contributed by atoms with van der Waals surface area (Å²) in [5.41, 5.74) is 0.796. The van der Waals surface area contributed by atoms with Crippen LogP contribution in [-0.2, 0) is 19.1 Å². The molecule has 164 valence electrons. The standard InChI is InChI=1S/C24H28N2O5/c27-20(25-14-24-10-15-6-16(11-24)8-17(7-15)12-24)13-31-23(30)18-2-1-3-19(9-18)26-21(28)4-5-22(26)29/h1-3,9,15-17H,4-8,10-14H2,(H,25,27). The van der Waals surface area contributed by atoms with Crippen LogP contribution in [0.15, 0.2) is 24.3 Å². The van der Waals surface area contributed by atoms with Gasteiger partial charge in [-0.15, -0.1) is 0 Å². The highest BCUT2D eigenvalue weighted by Crippen LogP contribution is 2.59. The van der Waals surface area contributed by atoms with Gasteiger partial charge in [0.2, 0.25) is 11.8 Å². The van der Waals surface area contributed by atoms with Gasteiger partial charge < -0.3 is 10.1 Å². The number of hydrogen-bond donors (Lipinski definition) is 1. The number of ether oxygens (including phenoxy) is 1. The zero-order valence-corrected chi connectivity index (χ0v) is 17.6. The largest absolute Gasteiger partial charge is 0.452 e. The van der Waals surface area contributed by atoms with Gasteiger partial charge in [-0.1, -0.05) is 6.07 Å².